The van der Waals surface area contributed by atoms with Crippen LogP contribution < -0.4 is 5.32 Å². The first-order valence-corrected chi connectivity index (χ1v) is 12.2. The Labute approximate surface area is 189 Å². The molecule has 0 aliphatic carbocycles. The third-order valence-corrected chi connectivity index (χ3v) is 5.22. The van der Waals surface area contributed by atoms with Crippen LogP contribution in [0.4, 0.5) is 0 Å². The summed E-state index contributed by atoms with van der Waals surface area (Å²) in [5.41, 5.74) is 0.419. The molecule has 1 rings (SSSR count). The summed E-state index contributed by atoms with van der Waals surface area (Å²) >= 11 is 0. The number of nitrogens with one attached hydrogen (secondary N) is 1. The number of carbonyl (C=O) groups excluding carboxylic acids is 2. The Morgan fingerprint density at radius 2 is 1.58 bits per heavy atom. The standard InChI is InChI=1S/C26H42N2O3/c1-2-3-4-5-6-7-8-9-10-11-12-13-14-15-16-19-25(29)28-21-22-31-26(30)24-18-17-20-27-23-24/h9-10,17-18,20,23H,2-8,11-16,19,21-22H2,1H3,(H,28,29)/b10-9-. The van der Waals surface area contributed by atoms with Gasteiger partial charge in [-0.15, -0.1) is 0 Å². The highest BCUT2D eigenvalue weighted by Gasteiger charge is 2.06. The minimum Gasteiger partial charge on any atom is -0.460 e. The zero-order valence-corrected chi connectivity index (χ0v) is 19.4. The van der Waals surface area contributed by atoms with E-state index in [-0.39, 0.29) is 12.5 Å². The maximum atomic E-state index is 11.8. The van der Waals surface area contributed by atoms with E-state index in [2.05, 4.69) is 29.4 Å². The molecule has 0 fully saturated rings. The van der Waals surface area contributed by atoms with Crippen LogP contribution in [0.2, 0.25) is 0 Å². The summed E-state index contributed by atoms with van der Waals surface area (Å²) in [5.74, 6) is -0.394. The molecule has 0 radical (unpaired) electrons. The third-order valence-electron chi connectivity index (χ3n) is 5.22. The van der Waals surface area contributed by atoms with Gasteiger partial charge in [-0.3, -0.25) is 9.78 Å². The summed E-state index contributed by atoms with van der Waals surface area (Å²) in [6, 6.07) is 3.34. The largest absolute Gasteiger partial charge is 0.460 e. The highest BCUT2D eigenvalue weighted by Crippen LogP contribution is 2.10. The third kappa shape index (κ3) is 16.2. The summed E-state index contributed by atoms with van der Waals surface area (Å²) in [4.78, 5) is 27.4. The van der Waals surface area contributed by atoms with Crippen molar-refractivity contribution in [1.82, 2.24) is 10.3 Å². The van der Waals surface area contributed by atoms with Gasteiger partial charge in [0.25, 0.3) is 0 Å². The molecule has 0 saturated carbocycles. The summed E-state index contributed by atoms with van der Waals surface area (Å²) in [6.45, 7) is 2.77. The van der Waals surface area contributed by atoms with E-state index in [0.29, 0.717) is 18.5 Å². The van der Waals surface area contributed by atoms with Gasteiger partial charge in [0.05, 0.1) is 12.1 Å². The maximum absolute atomic E-state index is 11.8. The molecule has 0 aliphatic rings. The second-order valence-electron chi connectivity index (χ2n) is 8.06. The average molecular weight is 431 g/mol. The smallest absolute Gasteiger partial charge is 0.339 e. The van der Waals surface area contributed by atoms with Crippen LogP contribution in [-0.4, -0.2) is 30.0 Å². The summed E-state index contributed by atoms with van der Waals surface area (Å²) in [6.07, 6.45) is 24.5. The van der Waals surface area contributed by atoms with E-state index in [1.165, 1.54) is 76.8 Å². The van der Waals surface area contributed by atoms with E-state index in [9.17, 15) is 9.59 Å². The van der Waals surface area contributed by atoms with Crippen LogP contribution in [0.1, 0.15) is 107 Å². The normalized spacial score (nSPS) is 11.0. The second kappa shape index (κ2) is 19.8. The molecule has 5 heteroatoms. The van der Waals surface area contributed by atoms with E-state index >= 15 is 0 Å². The van der Waals surface area contributed by atoms with Gasteiger partial charge in [-0.25, -0.2) is 4.79 Å². The summed E-state index contributed by atoms with van der Waals surface area (Å²) in [5, 5.41) is 2.80. The van der Waals surface area contributed by atoms with Crippen LogP contribution in [0.5, 0.6) is 0 Å². The topological polar surface area (TPSA) is 68.3 Å². The van der Waals surface area contributed by atoms with E-state index < -0.39 is 5.97 Å². The number of carbonyl (C=O) groups is 2. The van der Waals surface area contributed by atoms with Crippen molar-refractivity contribution < 1.29 is 14.3 Å². The molecule has 0 bridgehead atoms. The van der Waals surface area contributed by atoms with Crippen molar-refractivity contribution in [3.63, 3.8) is 0 Å². The Morgan fingerprint density at radius 3 is 2.23 bits per heavy atom. The molecule has 5 nitrogen and oxygen atoms in total. The van der Waals surface area contributed by atoms with Crippen LogP contribution >= 0.6 is 0 Å². The van der Waals surface area contributed by atoms with Crippen molar-refractivity contribution in [2.45, 2.75) is 96.8 Å². The fourth-order valence-electron chi connectivity index (χ4n) is 3.35. The van der Waals surface area contributed by atoms with Crippen LogP contribution in [-0.2, 0) is 9.53 Å². The van der Waals surface area contributed by atoms with Gasteiger partial charge in [0.1, 0.15) is 6.61 Å². The number of nitrogens with zero attached hydrogens (tertiary/aromatic N) is 1. The van der Waals surface area contributed by atoms with Crippen molar-refractivity contribution in [3.05, 3.63) is 42.2 Å². The molecular weight excluding hydrogens is 388 g/mol. The van der Waals surface area contributed by atoms with E-state index in [4.69, 9.17) is 4.74 Å². The lowest BCUT2D eigenvalue weighted by molar-refractivity contribution is -0.121. The van der Waals surface area contributed by atoms with Crippen molar-refractivity contribution in [2.24, 2.45) is 0 Å². The number of aromatic nitrogens is 1. The van der Waals surface area contributed by atoms with Gasteiger partial charge in [0.2, 0.25) is 5.91 Å². The molecule has 0 saturated heterocycles. The minimum atomic E-state index is -0.417. The van der Waals surface area contributed by atoms with Crippen LogP contribution in [0, 0.1) is 0 Å². The molecule has 0 atom stereocenters. The quantitative estimate of drug-likeness (QED) is 0.157. The SMILES string of the molecule is CCCCCCCC/C=C\CCCCCCCC(=O)NCCOC(=O)c1cccnc1. The Hall–Kier alpha value is -2.17. The molecule has 1 aromatic heterocycles. The van der Waals surface area contributed by atoms with E-state index in [0.717, 1.165) is 12.8 Å². The van der Waals surface area contributed by atoms with Crippen LogP contribution in [0.25, 0.3) is 0 Å². The molecule has 1 heterocycles. The summed E-state index contributed by atoms with van der Waals surface area (Å²) in [7, 11) is 0. The van der Waals surface area contributed by atoms with Gasteiger partial charge in [-0.1, -0.05) is 70.4 Å². The van der Waals surface area contributed by atoms with Gasteiger partial charge >= 0.3 is 5.97 Å². The fourth-order valence-corrected chi connectivity index (χ4v) is 3.35. The van der Waals surface area contributed by atoms with Crippen molar-refractivity contribution in [1.29, 1.82) is 0 Å². The van der Waals surface area contributed by atoms with Crippen LogP contribution in [0.15, 0.2) is 36.7 Å². The number of pyridine rings is 1. The van der Waals surface area contributed by atoms with E-state index in [1.807, 2.05) is 0 Å². The number of esters is 1. The minimum absolute atomic E-state index is 0.0232. The highest BCUT2D eigenvalue weighted by atomic mass is 16.5. The number of allylic oxidation sites excluding steroid dienone is 2. The number of hydrogen-bond acceptors (Lipinski definition) is 4. The molecule has 1 amide bonds. The molecule has 0 aliphatic heterocycles. The number of hydrogen-bond donors (Lipinski definition) is 1. The molecule has 0 spiro atoms. The molecule has 31 heavy (non-hydrogen) atoms. The van der Waals surface area contributed by atoms with Gasteiger partial charge in [0, 0.05) is 18.8 Å². The monoisotopic (exact) mass is 430 g/mol. The van der Waals surface area contributed by atoms with Gasteiger partial charge in [-0.05, 0) is 44.2 Å². The lowest BCUT2D eigenvalue weighted by Crippen LogP contribution is -2.27. The Kier molecular flexibility index (Phi) is 17.1. The molecule has 174 valence electrons. The first kappa shape index (κ1) is 26.9. The first-order chi connectivity index (χ1) is 15.2. The molecular formula is C26H42N2O3. The van der Waals surface area contributed by atoms with E-state index in [1.54, 1.807) is 18.3 Å². The lowest BCUT2D eigenvalue weighted by atomic mass is 10.1. The zero-order chi connectivity index (χ0) is 22.4. The number of amides is 1. The highest BCUT2D eigenvalue weighted by molar-refractivity contribution is 5.88. The lowest BCUT2D eigenvalue weighted by Gasteiger charge is -2.06. The maximum Gasteiger partial charge on any atom is 0.339 e. The predicted octanol–water partition coefficient (Wildman–Crippen LogP) is 6.39. The van der Waals surface area contributed by atoms with Crippen molar-refractivity contribution >= 4 is 11.9 Å². The van der Waals surface area contributed by atoms with Crippen molar-refractivity contribution in [2.75, 3.05) is 13.2 Å². The fraction of sp³-hybridized carbons (Fsp3) is 0.654. The Bertz CT molecular complexity index is 602. The Balaban J connectivity index is 1.84. The molecule has 0 unspecified atom stereocenters. The predicted molar refractivity (Wildman–Crippen MR) is 127 cm³/mol. The molecule has 0 aromatic carbocycles. The first-order valence-electron chi connectivity index (χ1n) is 12.2. The molecule has 1 aromatic rings. The average Bonchev–Trinajstić information content (AvgIpc) is 2.79. The number of rotatable bonds is 19. The van der Waals surface area contributed by atoms with Crippen LogP contribution in [0.3, 0.4) is 0 Å². The van der Waals surface area contributed by atoms with Crippen molar-refractivity contribution in [3.8, 4) is 0 Å². The zero-order valence-electron chi connectivity index (χ0n) is 19.4. The number of ether oxygens (including phenoxy) is 1. The second-order valence-corrected chi connectivity index (χ2v) is 8.06. The van der Waals surface area contributed by atoms with Gasteiger partial charge in [-0.2, -0.15) is 0 Å². The molecule has 1 N–H and O–H groups in total. The summed E-state index contributed by atoms with van der Waals surface area (Å²) < 4.78 is 5.11. The Morgan fingerprint density at radius 1 is 0.935 bits per heavy atom. The van der Waals surface area contributed by atoms with Gasteiger partial charge < -0.3 is 10.1 Å². The number of unbranched alkanes of at least 4 members (excludes halogenated alkanes) is 11. The van der Waals surface area contributed by atoms with Gasteiger partial charge in [0.15, 0.2) is 0 Å².